The molecular formula is C16H25N5S. The lowest BCUT2D eigenvalue weighted by Crippen LogP contribution is -2.38. The molecule has 0 aliphatic carbocycles. The topological polar surface area (TPSA) is 45.5 Å². The summed E-state index contributed by atoms with van der Waals surface area (Å²) < 4.78 is 1.89. The van der Waals surface area contributed by atoms with Gasteiger partial charge in [-0.2, -0.15) is 5.10 Å². The standard InChI is InChI=1S/C16H25N5S/c1-12(2)15-13(11-21(5)19-15)10-20(4)16(17-3)18-9-14-7-6-8-22-14/h6-8,11-12H,9-10H2,1-5H3,(H,17,18). The Morgan fingerprint density at radius 2 is 2.27 bits per heavy atom. The van der Waals surface area contributed by atoms with E-state index in [1.54, 1.807) is 11.3 Å². The summed E-state index contributed by atoms with van der Waals surface area (Å²) in [5.74, 6) is 1.32. The Labute approximate surface area is 136 Å². The molecule has 0 saturated carbocycles. The maximum absolute atomic E-state index is 4.57. The van der Waals surface area contributed by atoms with E-state index in [0.29, 0.717) is 5.92 Å². The van der Waals surface area contributed by atoms with Crippen LogP contribution >= 0.6 is 11.3 Å². The summed E-state index contributed by atoms with van der Waals surface area (Å²) in [5, 5.41) is 10.1. The normalized spacial score (nSPS) is 12.0. The molecule has 5 nitrogen and oxygen atoms in total. The summed E-state index contributed by atoms with van der Waals surface area (Å²) in [7, 11) is 5.85. The average molecular weight is 319 g/mol. The second-order valence-electron chi connectivity index (χ2n) is 5.70. The molecule has 2 aromatic heterocycles. The number of thiophene rings is 1. The number of rotatable bonds is 5. The van der Waals surface area contributed by atoms with Crippen LogP contribution in [0.15, 0.2) is 28.7 Å². The summed E-state index contributed by atoms with van der Waals surface area (Å²) in [4.78, 5) is 7.81. The van der Waals surface area contributed by atoms with Crippen molar-refractivity contribution in [3.8, 4) is 0 Å². The lowest BCUT2D eigenvalue weighted by Gasteiger charge is -2.22. The average Bonchev–Trinajstić information content (AvgIpc) is 3.09. The number of hydrogen-bond donors (Lipinski definition) is 1. The first-order valence-electron chi connectivity index (χ1n) is 7.47. The first-order chi connectivity index (χ1) is 10.5. The van der Waals surface area contributed by atoms with Crippen LogP contribution in [0.25, 0.3) is 0 Å². The van der Waals surface area contributed by atoms with Gasteiger partial charge in [-0.3, -0.25) is 9.67 Å². The van der Waals surface area contributed by atoms with Crippen LogP contribution in [0.5, 0.6) is 0 Å². The van der Waals surface area contributed by atoms with Gasteiger partial charge in [0.2, 0.25) is 0 Å². The predicted octanol–water partition coefficient (Wildman–Crippen LogP) is 2.81. The third-order valence-corrected chi connectivity index (χ3v) is 4.34. The summed E-state index contributed by atoms with van der Waals surface area (Å²) in [6, 6.07) is 4.20. The lowest BCUT2D eigenvalue weighted by atomic mass is 10.1. The maximum atomic E-state index is 4.57. The number of nitrogens with zero attached hydrogens (tertiary/aromatic N) is 4. The van der Waals surface area contributed by atoms with Gasteiger partial charge in [-0.25, -0.2) is 0 Å². The number of nitrogens with one attached hydrogen (secondary N) is 1. The number of guanidine groups is 1. The summed E-state index contributed by atoms with van der Waals surface area (Å²) in [6.45, 7) is 5.95. The minimum Gasteiger partial charge on any atom is -0.351 e. The molecule has 0 unspecified atom stereocenters. The van der Waals surface area contributed by atoms with Crippen LogP contribution < -0.4 is 5.32 Å². The Kier molecular flexibility index (Phi) is 5.60. The molecule has 0 aliphatic rings. The van der Waals surface area contributed by atoms with E-state index in [4.69, 9.17) is 0 Å². The fraction of sp³-hybridized carbons (Fsp3) is 0.500. The van der Waals surface area contributed by atoms with E-state index in [-0.39, 0.29) is 0 Å². The molecule has 2 heterocycles. The fourth-order valence-electron chi connectivity index (χ4n) is 2.46. The van der Waals surface area contributed by atoms with Gasteiger partial charge in [0.1, 0.15) is 0 Å². The number of aromatic nitrogens is 2. The lowest BCUT2D eigenvalue weighted by molar-refractivity contribution is 0.473. The zero-order valence-corrected chi connectivity index (χ0v) is 14.8. The highest BCUT2D eigenvalue weighted by atomic mass is 32.1. The molecule has 0 bridgehead atoms. The molecule has 22 heavy (non-hydrogen) atoms. The van der Waals surface area contributed by atoms with Crippen LogP contribution in [0.4, 0.5) is 0 Å². The molecule has 0 radical (unpaired) electrons. The van der Waals surface area contributed by atoms with Crippen LogP contribution in [0, 0.1) is 0 Å². The summed E-state index contributed by atoms with van der Waals surface area (Å²) in [5.41, 5.74) is 2.40. The number of aliphatic imine (C=N–C) groups is 1. The van der Waals surface area contributed by atoms with E-state index in [9.17, 15) is 0 Å². The summed E-state index contributed by atoms with van der Waals surface area (Å²) in [6.07, 6.45) is 2.10. The summed E-state index contributed by atoms with van der Waals surface area (Å²) >= 11 is 1.75. The molecule has 6 heteroatoms. The van der Waals surface area contributed by atoms with Gasteiger partial charge in [-0.15, -0.1) is 11.3 Å². The van der Waals surface area contributed by atoms with Gasteiger partial charge in [-0.05, 0) is 17.4 Å². The van der Waals surface area contributed by atoms with Crippen LogP contribution in [0.2, 0.25) is 0 Å². The quantitative estimate of drug-likeness (QED) is 0.681. The van der Waals surface area contributed by atoms with Gasteiger partial charge in [-0.1, -0.05) is 19.9 Å². The highest BCUT2D eigenvalue weighted by molar-refractivity contribution is 7.09. The van der Waals surface area contributed by atoms with Crippen LogP contribution in [-0.4, -0.2) is 34.7 Å². The largest absolute Gasteiger partial charge is 0.351 e. The minimum atomic E-state index is 0.422. The second kappa shape index (κ2) is 7.45. The molecule has 0 atom stereocenters. The van der Waals surface area contributed by atoms with Crippen molar-refractivity contribution >= 4 is 17.3 Å². The van der Waals surface area contributed by atoms with Gasteiger partial charge in [0.15, 0.2) is 5.96 Å². The molecule has 0 amide bonds. The molecule has 2 aromatic rings. The van der Waals surface area contributed by atoms with Gasteiger partial charge < -0.3 is 10.2 Å². The maximum Gasteiger partial charge on any atom is 0.193 e. The van der Waals surface area contributed by atoms with Crippen molar-refractivity contribution < 1.29 is 0 Å². The van der Waals surface area contributed by atoms with E-state index in [0.717, 1.165) is 24.7 Å². The zero-order valence-electron chi connectivity index (χ0n) is 14.0. The Bertz CT molecular complexity index is 613. The van der Waals surface area contributed by atoms with E-state index in [2.05, 4.69) is 64.9 Å². The van der Waals surface area contributed by atoms with Gasteiger partial charge in [0.05, 0.1) is 12.2 Å². The molecule has 0 aromatic carbocycles. The highest BCUT2D eigenvalue weighted by Crippen LogP contribution is 2.18. The van der Waals surface area contributed by atoms with Gasteiger partial charge >= 0.3 is 0 Å². The Balaban J connectivity index is 2.01. The van der Waals surface area contributed by atoms with Crippen molar-refractivity contribution in [2.45, 2.75) is 32.9 Å². The van der Waals surface area contributed by atoms with E-state index in [1.165, 1.54) is 10.4 Å². The Morgan fingerprint density at radius 3 is 2.86 bits per heavy atom. The predicted molar refractivity (Wildman–Crippen MR) is 93.3 cm³/mol. The highest BCUT2D eigenvalue weighted by Gasteiger charge is 2.15. The third-order valence-electron chi connectivity index (χ3n) is 3.47. The zero-order chi connectivity index (χ0) is 16.1. The number of hydrogen-bond acceptors (Lipinski definition) is 3. The van der Waals surface area contributed by atoms with Crippen molar-refractivity contribution in [1.29, 1.82) is 0 Å². The van der Waals surface area contributed by atoms with Crippen molar-refractivity contribution in [3.05, 3.63) is 39.8 Å². The first-order valence-corrected chi connectivity index (χ1v) is 8.35. The molecule has 120 valence electrons. The molecule has 2 rings (SSSR count). The first kappa shape index (κ1) is 16.5. The van der Waals surface area contributed by atoms with Crippen LogP contribution in [-0.2, 0) is 20.1 Å². The second-order valence-corrected chi connectivity index (χ2v) is 6.74. The molecule has 0 fully saturated rings. The minimum absolute atomic E-state index is 0.422. The van der Waals surface area contributed by atoms with Crippen LogP contribution in [0.3, 0.4) is 0 Å². The molecular weight excluding hydrogens is 294 g/mol. The smallest absolute Gasteiger partial charge is 0.193 e. The Morgan fingerprint density at radius 1 is 1.50 bits per heavy atom. The molecule has 0 spiro atoms. The van der Waals surface area contributed by atoms with E-state index < -0.39 is 0 Å². The van der Waals surface area contributed by atoms with Gasteiger partial charge in [0, 0.05) is 44.3 Å². The monoisotopic (exact) mass is 319 g/mol. The van der Waals surface area contributed by atoms with Gasteiger partial charge in [0.25, 0.3) is 0 Å². The van der Waals surface area contributed by atoms with Crippen molar-refractivity contribution in [1.82, 2.24) is 20.0 Å². The van der Waals surface area contributed by atoms with Crippen molar-refractivity contribution in [3.63, 3.8) is 0 Å². The third kappa shape index (κ3) is 4.10. The molecule has 1 N–H and O–H groups in total. The molecule has 0 aliphatic heterocycles. The fourth-order valence-corrected chi connectivity index (χ4v) is 3.10. The van der Waals surface area contributed by atoms with E-state index in [1.807, 2.05) is 18.8 Å². The van der Waals surface area contributed by atoms with Crippen molar-refractivity contribution in [2.75, 3.05) is 14.1 Å². The van der Waals surface area contributed by atoms with Crippen molar-refractivity contribution in [2.24, 2.45) is 12.0 Å². The Hall–Kier alpha value is -1.82. The number of aryl methyl sites for hydroxylation is 1. The molecule has 0 saturated heterocycles. The van der Waals surface area contributed by atoms with Crippen LogP contribution in [0.1, 0.15) is 35.9 Å². The van der Waals surface area contributed by atoms with E-state index >= 15 is 0 Å². The SMILES string of the molecule is CN=C(NCc1cccs1)N(C)Cc1cn(C)nc1C(C)C.